The van der Waals surface area contributed by atoms with Crippen molar-refractivity contribution in [2.75, 3.05) is 25.5 Å². The Morgan fingerprint density at radius 3 is 2.56 bits per heavy atom. The molecule has 5 aromatic rings. The van der Waals surface area contributed by atoms with Crippen molar-refractivity contribution in [3.63, 3.8) is 0 Å². The second-order valence-corrected chi connectivity index (χ2v) is 10.3. The van der Waals surface area contributed by atoms with Crippen LogP contribution in [0, 0.1) is 0 Å². The Bertz CT molecular complexity index is 1540. The normalized spacial score (nSPS) is 14.8. The topological polar surface area (TPSA) is 70.2 Å². The summed E-state index contributed by atoms with van der Waals surface area (Å²) in [6.45, 7) is 2.05. The van der Waals surface area contributed by atoms with E-state index in [9.17, 15) is 4.79 Å². The van der Waals surface area contributed by atoms with Gasteiger partial charge in [-0.2, -0.15) is 0 Å². The first-order chi connectivity index (χ1) is 17.6. The predicted octanol–water partition coefficient (Wildman–Crippen LogP) is 6.08. The largest absolute Gasteiger partial charge is 0.355 e. The molecule has 0 spiro atoms. The van der Waals surface area contributed by atoms with Gasteiger partial charge in [0.15, 0.2) is 0 Å². The van der Waals surface area contributed by atoms with Crippen LogP contribution in [0.2, 0.25) is 0 Å². The van der Waals surface area contributed by atoms with Gasteiger partial charge in [0.1, 0.15) is 0 Å². The number of carbonyl (C=O) groups excluding carboxylic acids is 1. The van der Waals surface area contributed by atoms with Crippen molar-refractivity contribution in [3.8, 4) is 11.1 Å². The number of rotatable bonds is 5. The van der Waals surface area contributed by atoms with Gasteiger partial charge >= 0.3 is 0 Å². The third-order valence-electron chi connectivity index (χ3n) is 6.89. The molecule has 3 heterocycles. The number of pyridine rings is 1. The molecule has 36 heavy (non-hydrogen) atoms. The SMILES string of the molecule is CN1CCC(NC(=O)c2ccc(-c3ccc4c(Nc5ccc6scnc6c5)ccnc4c3)cc2)CC1. The van der Waals surface area contributed by atoms with Crippen molar-refractivity contribution in [1.29, 1.82) is 0 Å². The van der Waals surface area contributed by atoms with Crippen LogP contribution in [0.3, 0.4) is 0 Å². The number of thiazole rings is 1. The lowest BCUT2D eigenvalue weighted by Gasteiger charge is -2.29. The number of benzene rings is 3. The minimum atomic E-state index is 0.00263. The maximum atomic E-state index is 12.7. The van der Waals surface area contributed by atoms with E-state index in [2.05, 4.69) is 68.9 Å². The lowest BCUT2D eigenvalue weighted by atomic mass is 10.0. The molecule has 6 nitrogen and oxygen atoms in total. The van der Waals surface area contributed by atoms with E-state index < -0.39 is 0 Å². The Labute approximate surface area is 214 Å². The third kappa shape index (κ3) is 4.67. The van der Waals surface area contributed by atoms with Gasteiger partial charge in [-0.15, -0.1) is 11.3 Å². The van der Waals surface area contributed by atoms with Crippen molar-refractivity contribution < 1.29 is 4.79 Å². The minimum Gasteiger partial charge on any atom is -0.355 e. The van der Waals surface area contributed by atoms with Crippen molar-refractivity contribution in [3.05, 3.63) is 84.0 Å². The van der Waals surface area contributed by atoms with Gasteiger partial charge in [-0.3, -0.25) is 9.78 Å². The Kier molecular flexibility index (Phi) is 6.09. The number of aromatic nitrogens is 2. The first kappa shape index (κ1) is 22.6. The highest BCUT2D eigenvalue weighted by molar-refractivity contribution is 7.16. The first-order valence-electron chi connectivity index (χ1n) is 12.2. The Morgan fingerprint density at radius 1 is 0.917 bits per heavy atom. The number of piperidine rings is 1. The van der Waals surface area contributed by atoms with Gasteiger partial charge in [0.2, 0.25) is 0 Å². The summed E-state index contributed by atoms with van der Waals surface area (Å²) < 4.78 is 1.18. The molecule has 0 saturated carbocycles. The van der Waals surface area contributed by atoms with E-state index in [1.807, 2.05) is 42.0 Å². The van der Waals surface area contributed by atoms with Crippen LogP contribution < -0.4 is 10.6 Å². The van der Waals surface area contributed by atoms with Crippen LogP contribution in [0.4, 0.5) is 11.4 Å². The van der Waals surface area contributed by atoms with E-state index in [4.69, 9.17) is 0 Å². The number of nitrogens with zero attached hydrogens (tertiary/aromatic N) is 3. The van der Waals surface area contributed by atoms with Gasteiger partial charge < -0.3 is 15.5 Å². The molecule has 0 bridgehead atoms. The summed E-state index contributed by atoms with van der Waals surface area (Å²) in [6, 6.07) is 22.6. The fourth-order valence-electron chi connectivity index (χ4n) is 4.76. The number of carbonyl (C=O) groups is 1. The number of hydrogen-bond donors (Lipinski definition) is 2. The number of likely N-dealkylation sites (tertiary alicyclic amines) is 1. The van der Waals surface area contributed by atoms with E-state index >= 15 is 0 Å². The van der Waals surface area contributed by atoms with Gasteiger partial charge in [-0.1, -0.05) is 24.3 Å². The maximum absolute atomic E-state index is 12.7. The van der Waals surface area contributed by atoms with E-state index in [-0.39, 0.29) is 11.9 Å². The molecule has 1 aliphatic rings. The van der Waals surface area contributed by atoms with Crippen molar-refractivity contribution in [1.82, 2.24) is 20.2 Å². The van der Waals surface area contributed by atoms with E-state index in [0.717, 1.165) is 64.9 Å². The second-order valence-electron chi connectivity index (χ2n) is 9.38. The standard InChI is InChI=1S/C29H27N5OS/c1-34-14-11-22(12-15-34)33-29(35)20-4-2-19(3-5-20)21-6-8-24-25(10-13-30-26(24)16-21)32-23-7-9-28-27(17-23)31-18-36-28/h2-10,13,16-18,22H,11-12,14-15H2,1H3,(H,30,32)(H,33,35). The second kappa shape index (κ2) is 9.68. The molecular weight excluding hydrogens is 466 g/mol. The van der Waals surface area contributed by atoms with Crippen LogP contribution in [0.15, 0.2) is 78.4 Å². The minimum absolute atomic E-state index is 0.00263. The molecule has 6 rings (SSSR count). The van der Waals surface area contributed by atoms with Crippen LogP contribution in [-0.2, 0) is 0 Å². The summed E-state index contributed by atoms with van der Waals surface area (Å²) in [5, 5.41) is 7.76. The zero-order chi connectivity index (χ0) is 24.5. The summed E-state index contributed by atoms with van der Waals surface area (Å²) in [4.78, 5) is 24.0. The highest BCUT2D eigenvalue weighted by Crippen LogP contribution is 2.30. The van der Waals surface area contributed by atoms with E-state index in [0.29, 0.717) is 5.56 Å². The van der Waals surface area contributed by atoms with E-state index in [1.54, 1.807) is 11.3 Å². The Hall–Kier alpha value is -3.81. The molecule has 1 fully saturated rings. The number of amides is 1. The first-order valence-corrected chi connectivity index (χ1v) is 13.1. The summed E-state index contributed by atoms with van der Waals surface area (Å²) in [6.07, 6.45) is 3.83. The van der Waals surface area contributed by atoms with Crippen molar-refractivity contribution >= 4 is 49.7 Å². The quantitative estimate of drug-likeness (QED) is 0.311. The Balaban J connectivity index is 1.20. The molecule has 1 amide bonds. The van der Waals surface area contributed by atoms with Gasteiger partial charge in [0, 0.05) is 34.6 Å². The molecule has 3 aromatic carbocycles. The van der Waals surface area contributed by atoms with Gasteiger partial charge in [0.25, 0.3) is 5.91 Å². The summed E-state index contributed by atoms with van der Waals surface area (Å²) >= 11 is 1.64. The summed E-state index contributed by atoms with van der Waals surface area (Å²) in [5.41, 5.74) is 8.60. The molecule has 1 saturated heterocycles. The maximum Gasteiger partial charge on any atom is 0.251 e. The molecule has 0 aliphatic carbocycles. The monoisotopic (exact) mass is 493 g/mol. The average Bonchev–Trinajstić information content (AvgIpc) is 3.38. The highest BCUT2D eigenvalue weighted by Gasteiger charge is 2.19. The molecule has 0 atom stereocenters. The summed E-state index contributed by atoms with van der Waals surface area (Å²) in [7, 11) is 2.12. The molecule has 7 heteroatoms. The lowest BCUT2D eigenvalue weighted by molar-refractivity contribution is 0.0917. The molecular formula is C29H27N5OS. The van der Waals surface area contributed by atoms with Gasteiger partial charge in [-0.05, 0) is 86.6 Å². The average molecular weight is 494 g/mol. The number of hydrogen-bond acceptors (Lipinski definition) is 6. The smallest absolute Gasteiger partial charge is 0.251 e. The lowest BCUT2D eigenvalue weighted by Crippen LogP contribution is -2.43. The third-order valence-corrected chi connectivity index (χ3v) is 7.70. The fourth-order valence-corrected chi connectivity index (χ4v) is 5.42. The molecule has 0 unspecified atom stereocenters. The van der Waals surface area contributed by atoms with Gasteiger partial charge in [0.05, 0.1) is 21.2 Å². The summed E-state index contributed by atoms with van der Waals surface area (Å²) in [5.74, 6) is 0.00263. The highest BCUT2D eigenvalue weighted by atomic mass is 32.1. The van der Waals surface area contributed by atoms with Crippen LogP contribution >= 0.6 is 11.3 Å². The molecule has 1 aliphatic heterocycles. The molecule has 0 radical (unpaired) electrons. The number of fused-ring (bicyclic) bond motifs is 2. The van der Waals surface area contributed by atoms with Crippen LogP contribution in [-0.4, -0.2) is 47.0 Å². The number of nitrogens with one attached hydrogen (secondary N) is 2. The molecule has 2 N–H and O–H groups in total. The van der Waals surface area contributed by atoms with Crippen LogP contribution in [0.1, 0.15) is 23.2 Å². The zero-order valence-corrected chi connectivity index (χ0v) is 20.9. The zero-order valence-electron chi connectivity index (χ0n) is 20.1. The predicted molar refractivity (Wildman–Crippen MR) is 148 cm³/mol. The van der Waals surface area contributed by atoms with Crippen LogP contribution in [0.25, 0.3) is 32.2 Å². The van der Waals surface area contributed by atoms with E-state index in [1.165, 1.54) is 4.70 Å². The molecule has 2 aromatic heterocycles. The van der Waals surface area contributed by atoms with Crippen LogP contribution in [0.5, 0.6) is 0 Å². The molecule has 180 valence electrons. The van der Waals surface area contributed by atoms with Gasteiger partial charge in [-0.25, -0.2) is 4.98 Å². The van der Waals surface area contributed by atoms with Crippen molar-refractivity contribution in [2.45, 2.75) is 18.9 Å². The fraction of sp³-hybridized carbons (Fsp3) is 0.207. The number of anilines is 2. The van der Waals surface area contributed by atoms with Crippen molar-refractivity contribution in [2.24, 2.45) is 0 Å². The Morgan fingerprint density at radius 2 is 1.72 bits per heavy atom.